The molecule has 0 spiro atoms. The summed E-state index contributed by atoms with van der Waals surface area (Å²) in [7, 11) is 0. The zero-order chi connectivity index (χ0) is 14.2. The second kappa shape index (κ2) is 15.3. The maximum absolute atomic E-state index is 11.3. The summed E-state index contributed by atoms with van der Waals surface area (Å²) < 4.78 is 10.4. The van der Waals surface area contributed by atoms with Crippen molar-refractivity contribution in [2.24, 2.45) is 5.90 Å². The summed E-state index contributed by atoms with van der Waals surface area (Å²) in [6.45, 7) is 2.97. The van der Waals surface area contributed by atoms with Crippen LogP contribution in [0.25, 0.3) is 0 Å². The maximum atomic E-state index is 11.3. The number of amides is 1. The molecule has 0 atom stereocenters. The predicted octanol–water partition coefficient (Wildman–Crippen LogP) is -0.421. The largest absolute Gasteiger partial charge is 0.396 e. The molecule has 114 valence electrons. The predicted molar refractivity (Wildman–Crippen MR) is 70.3 cm³/mol. The van der Waals surface area contributed by atoms with Crippen LogP contribution in [0.5, 0.6) is 0 Å². The van der Waals surface area contributed by atoms with Gasteiger partial charge in [-0.2, -0.15) is 0 Å². The number of aliphatic hydroxyl groups excluding tert-OH is 1. The van der Waals surface area contributed by atoms with Crippen LogP contribution >= 0.6 is 0 Å². The third-order valence-corrected chi connectivity index (χ3v) is 2.35. The normalized spacial score (nSPS) is 10.6. The summed E-state index contributed by atoms with van der Waals surface area (Å²) in [5.74, 6) is 4.81. The lowest BCUT2D eigenvalue weighted by atomic mass is 10.2. The van der Waals surface area contributed by atoms with E-state index in [-0.39, 0.29) is 12.5 Å². The van der Waals surface area contributed by atoms with E-state index in [1.54, 1.807) is 0 Å². The van der Waals surface area contributed by atoms with Crippen LogP contribution in [0.2, 0.25) is 0 Å². The Morgan fingerprint density at radius 3 is 2.37 bits per heavy atom. The van der Waals surface area contributed by atoms with E-state index in [1.165, 1.54) is 0 Å². The molecule has 4 N–H and O–H groups in total. The standard InChI is InChI=1S/C12H26N2O5/c13-19-11-10-18-9-8-17-7-4-12(16)14-5-2-1-3-6-15/h15H,1-11,13H2,(H,14,16). The van der Waals surface area contributed by atoms with Crippen LogP contribution in [0.15, 0.2) is 0 Å². The minimum absolute atomic E-state index is 0.0125. The molecule has 0 unspecified atom stereocenters. The highest BCUT2D eigenvalue weighted by Gasteiger charge is 2.00. The van der Waals surface area contributed by atoms with Crippen LogP contribution in [0, 0.1) is 0 Å². The number of carbonyl (C=O) groups excluding carboxylic acids is 1. The Morgan fingerprint density at radius 1 is 1.00 bits per heavy atom. The van der Waals surface area contributed by atoms with Gasteiger partial charge < -0.3 is 24.7 Å². The fraction of sp³-hybridized carbons (Fsp3) is 0.917. The summed E-state index contributed by atoms with van der Waals surface area (Å²) >= 11 is 0. The highest BCUT2D eigenvalue weighted by atomic mass is 16.6. The van der Waals surface area contributed by atoms with Gasteiger partial charge in [0, 0.05) is 19.6 Å². The number of ether oxygens (including phenoxy) is 2. The Labute approximate surface area is 114 Å². The summed E-state index contributed by atoms with van der Waals surface area (Å²) in [5, 5.41) is 11.4. The van der Waals surface area contributed by atoms with Crippen molar-refractivity contribution in [2.75, 3.05) is 46.2 Å². The van der Waals surface area contributed by atoms with Gasteiger partial charge in [-0.05, 0) is 19.3 Å². The second-order valence-corrected chi connectivity index (χ2v) is 3.98. The molecule has 7 heteroatoms. The van der Waals surface area contributed by atoms with Crippen LogP contribution in [-0.4, -0.2) is 57.2 Å². The zero-order valence-corrected chi connectivity index (χ0v) is 11.4. The molecule has 0 saturated carbocycles. The molecular formula is C12H26N2O5. The molecule has 0 aliphatic heterocycles. The van der Waals surface area contributed by atoms with Crippen molar-refractivity contribution in [1.29, 1.82) is 0 Å². The molecule has 0 fully saturated rings. The molecule has 0 aromatic rings. The quantitative estimate of drug-likeness (QED) is 0.294. The molecule has 0 bridgehead atoms. The van der Waals surface area contributed by atoms with E-state index in [0.717, 1.165) is 19.3 Å². The van der Waals surface area contributed by atoms with E-state index in [9.17, 15) is 4.79 Å². The fourth-order valence-corrected chi connectivity index (χ4v) is 1.32. The number of unbranched alkanes of at least 4 members (excludes halogenated alkanes) is 2. The van der Waals surface area contributed by atoms with Gasteiger partial charge in [-0.1, -0.05) is 0 Å². The van der Waals surface area contributed by atoms with Crippen molar-refractivity contribution in [3.05, 3.63) is 0 Å². The van der Waals surface area contributed by atoms with Gasteiger partial charge in [-0.25, -0.2) is 5.90 Å². The van der Waals surface area contributed by atoms with Gasteiger partial charge in [0.1, 0.15) is 0 Å². The average molecular weight is 278 g/mol. The molecule has 19 heavy (non-hydrogen) atoms. The van der Waals surface area contributed by atoms with Gasteiger partial charge in [0.15, 0.2) is 0 Å². The van der Waals surface area contributed by atoms with Gasteiger partial charge in [-0.3, -0.25) is 4.79 Å². The van der Waals surface area contributed by atoms with Crippen LogP contribution in [0.4, 0.5) is 0 Å². The van der Waals surface area contributed by atoms with E-state index in [1.807, 2.05) is 0 Å². The minimum atomic E-state index is -0.0125. The van der Waals surface area contributed by atoms with Crippen molar-refractivity contribution >= 4 is 5.91 Å². The Balaban J connectivity index is 3.12. The van der Waals surface area contributed by atoms with Gasteiger partial charge in [0.25, 0.3) is 0 Å². The first-order valence-electron chi connectivity index (χ1n) is 6.66. The molecule has 0 saturated heterocycles. The minimum Gasteiger partial charge on any atom is -0.396 e. The van der Waals surface area contributed by atoms with Crippen LogP contribution in [0.3, 0.4) is 0 Å². The molecule has 0 aliphatic rings. The summed E-state index contributed by atoms with van der Waals surface area (Å²) in [6.07, 6.45) is 2.96. The van der Waals surface area contributed by atoms with E-state index in [0.29, 0.717) is 46.0 Å². The van der Waals surface area contributed by atoms with Gasteiger partial charge >= 0.3 is 0 Å². The van der Waals surface area contributed by atoms with Crippen LogP contribution < -0.4 is 11.2 Å². The van der Waals surface area contributed by atoms with Crippen molar-refractivity contribution < 1.29 is 24.2 Å². The summed E-state index contributed by atoms with van der Waals surface area (Å²) in [6, 6.07) is 0. The molecular weight excluding hydrogens is 252 g/mol. The Hall–Kier alpha value is -0.730. The third kappa shape index (κ3) is 15.2. The number of carbonyl (C=O) groups is 1. The fourth-order valence-electron chi connectivity index (χ4n) is 1.32. The van der Waals surface area contributed by atoms with E-state index in [2.05, 4.69) is 10.2 Å². The first-order valence-corrected chi connectivity index (χ1v) is 6.66. The van der Waals surface area contributed by atoms with Crippen molar-refractivity contribution in [3.8, 4) is 0 Å². The van der Waals surface area contributed by atoms with Crippen molar-refractivity contribution in [1.82, 2.24) is 5.32 Å². The number of nitrogens with two attached hydrogens (primary N) is 1. The molecule has 0 radical (unpaired) electrons. The SMILES string of the molecule is NOCCOCCOCCC(=O)NCCCCCO. The molecule has 0 rings (SSSR count). The Morgan fingerprint density at radius 2 is 1.68 bits per heavy atom. The van der Waals surface area contributed by atoms with Gasteiger partial charge in [0.05, 0.1) is 33.0 Å². The molecule has 0 heterocycles. The lowest BCUT2D eigenvalue weighted by Crippen LogP contribution is -2.25. The number of hydrogen-bond acceptors (Lipinski definition) is 6. The third-order valence-electron chi connectivity index (χ3n) is 2.35. The van der Waals surface area contributed by atoms with E-state index in [4.69, 9.17) is 20.5 Å². The smallest absolute Gasteiger partial charge is 0.222 e. The molecule has 0 aliphatic carbocycles. The summed E-state index contributed by atoms with van der Waals surface area (Å²) in [4.78, 5) is 15.7. The first-order chi connectivity index (χ1) is 9.31. The molecule has 0 aromatic heterocycles. The highest BCUT2D eigenvalue weighted by molar-refractivity contribution is 5.75. The zero-order valence-electron chi connectivity index (χ0n) is 11.4. The average Bonchev–Trinajstić information content (AvgIpc) is 2.41. The summed E-state index contributed by atoms with van der Waals surface area (Å²) in [5.41, 5.74) is 0. The number of nitrogens with one attached hydrogen (secondary N) is 1. The molecule has 7 nitrogen and oxygen atoms in total. The monoisotopic (exact) mass is 278 g/mol. The highest BCUT2D eigenvalue weighted by Crippen LogP contribution is 1.92. The molecule has 0 aromatic carbocycles. The number of hydrogen-bond donors (Lipinski definition) is 3. The lowest BCUT2D eigenvalue weighted by molar-refractivity contribution is -0.122. The first kappa shape index (κ1) is 18.3. The van der Waals surface area contributed by atoms with Crippen molar-refractivity contribution in [2.45, 2.75) is 25.7 Å². The Bertz CT molecular complexity index is 205. The van der Waals surface area contributed by atoms with Gasteiger partial charge in [-0.15, -0.1) is 0 Å². The van der Waals surface area contributed by atoms with E-state index >= 15 is 0 Å². The number of aliphatic hydroxyl groups is 1. The van der Waals surface area contributed by atoms with E-state index < -0.39 is 0 Å². The van der Waals surface area contributed by atoms with Crippen LogP contribution in [0.1, 0.15) is 25.7 Å². The van der Waals surface area contributed by atoms with Crippen LogP contribution in [-0.2, 0) is 19.1 Å². The Kier molecular flexibility index (Phi) is 14.7. The van der Waals surface area contributed by atoms with Gasteiger partial charge in [0.2, 0.25) is 5.91 Å². The second-order valence-electron chi connectivity index (χ2n) is 3.98. The topological polar surface area (TPSA) is 103 Å². The number of rotatable bonds is 14. The van der Waals surface area contributed by atoms with Crippen molar-refractivity contribution in [3.63, 3.8) is 0 Å². The lowest BCUT2D eigenvalue weighted by Gasteiger charge is -2.06. The maximum Gasteiger partial charge on any atom is 0.222 e. The molecule has 1 amide bonds.